The van der Waals surface area contributed by atoms with E-state index >= 15 is 0 Å². The summed E-state index contributed by atoms with van der Waals surface area (Å²) in [4.78, 5) is 10.1. The first kappa shape index (κ1) is 12.3. The molecular formula is C10H11Cl2NO2. The summed E-state index contributed by atoms with van der Waals surface area (Å²) in [6.07, 6.45) is 0.790. The maximum absolute atomic E-state index is 10.1. The van der Waals surface area contributed by atoms with Crippen LogP contribution in [0.25, 0.3) is 0 Å². The van der Waals surface area contributed by atoms with E-state index in [1.165, 1.54) is 0 Å². The number of ether oxygens (including phenoxy) is 1. The van der Waals surface area contributed by atoms with Crippen LogP contribution in [0, 0.1) is 0 Å². The van der Waals surface area contributed by atoms with Crippen LogP contribution in [0.3, 0.4) is 0 Å². The summed E-state index contributed by atoms with van der Waals surface area (Å²) < 4.78 is 5.14. The van der Waals surface area contributed by atoms with E-state index in [4.69, 9.17) is 27.9 Å². The molecule has 0 aromatic heterocycles. The summed E-state index contributed by atoms with van der Waals surface area (Å²) in [7, 11) is 1.54. The van der Waals surface area contributed by atoms with Crippen molar-refractivity contribution < 1.29 is 9.53 Å². The molecule has 3 nitrogen and oxygen atoms in total. The molecule has 15 heavy (non-hydrogen) atoms. The SMILES string of the molecule is COc1c(Cl)cc(Cl)cc1CNCC=O. The van der Waals surface area contributed by atoms with E-state index in [9.17, 15) is 4.79 Å². The number of hydrogen-bond acceptors (Lipinski definition) is 3. The molecule has 1 aromatic carbocycles. The van der Waals surface area contributed by atoms with Gasteiger partial charge in [-0.15, -0.1) is 0 Å². The Morgan fingerprint density at radius 1 is 1.47 bits per heavy atom. The van der Waals surface area contributed by atoms with Crippen molar-refractivity contribution in [3.05, 3.63) is 27.7 Å². The van der Waals surface area contributed by atoms with Crippen LogP contribution >= 0.6 is 23.2 Å². The largest absolute Gasteiger partial charge is 0.495 e. The van der Waals surface area contributed by atoms with Gasteiger partial charge in [-0.1, -0.05) is 23.2 Å². The third-order valence-electron chi connectivity index (χ3n) is 1.83. The normalized spacial score (nSPS) is 10.1. The summed E-state index contributed by atoms with van der Waals surface area (Å²) in [6, 6.07) is 3.37. The van der Waals surface area contributed by atoms with Gasteiger partial charge in [0.25, 0.3) is 0 Å². The molecule has 0 fully saturated rings. The topological polar surface area (TPSA) is 38.3 Å². The highest BCUT2D eigenvalue weighted by Gasteiger charge is 2.08. The van der Waals surface area contributed by atoms with Crippen molar-refractivity contribution in [3.63, 3.8) is 0 Å². The molecule has 0 aliphatic rings. The fourth-order valence-electron chi connectivity index (χ4n) is 1.24. The highest BCUT2D eigenvalue weighted by atomic mass is 35.5. The molecule has 0 aliphatic heterocycles. The van der Waals surface area contributed by atoms with Crippen molar-refractivity contribution in [1.82, 2.24) is 5.32 Å². The second-order valence-electron chi connectivity index (χ2n) is 2.88. The fraction of sp³-hybridized carbons (Fsp3) is 0.300. The first-order chi connectivity index (χ1) is 7.19. The van der Waals surface area contributed by atoms with Crippen molar-refractivity contribution >= 4 is 29.5 Å². The lowest BCUT2D eigenvalue weighted by Crippen LogP contribution is -2.16. The third kappa shape index (κ3) is 3.38. The average Bonchev–Trinajstić information content (AvgIpc) is 2.17. The maximum atomic E-state index is 10.1. The molecule has 0 saturated heterocycles. The lowest BCUT2D eigenvalue weighted by Gasteiger charge is -2.10. The van der Waals surface area contributed by atoms with Gasteiger partial charge in [0.15, 0.2) is 0 Å². The van der Waals surface area contributed by atoms with Gasteiger partial charge in [0.1, 0.15) is 12.0 Å². The van der Waals surface area contributed by atoms with Gasteiger partial charge >= 0.3 is 0 Å². The maximum Gasteiger partial charge on any atom is 0.142 e. The molecule has 0 unspecified atom stereocenters. The molecule has 0 saturated carbocycles. The van der Waals surface area contributed by atoms with Gasteiger partial charge in [-0.3, -0.25) is 0 Å². The number of hydrogen-bond donors (Lipinski definition) is 1. The van der Waals surface area contributed by atoms with Crippen molar-refractivity contribution in [3.8, 4) is 5.75 Å². The summed E-state index contributed by atoms with van der Waals surface area (Å²) in [5.74, 6) is 0.583. The van der Waals surface area contributed by atoms with Crippen molar-refractivity contribution in [1.29, 1.82) is 0 Å². The fourth-order valence-corrected chi connectivity index (χ4v) is 1.85. The Morgan fingerprint density at radius 2 is 2.20 bits per heavy atom. The minimum atomic E-state index is 0.285. The predicted octanol–water partition coefficient (Wildman–Crippen LogP) is 2.29. The number of carbonyl (C=O) groups excluding carboxylic acids is 1. The van der Waals surface area contributed by atoms with Gasteiger partial charge in [-0.05, 0) is 12.1 Å². The van der Waals surface area contributed by atoms with Gasteiger partial charge in [-0.2, -0.15) is 0 Å². The van der Waals surface area contributed by atoms with Crippen LogP contribution in [0.15, 0.2) is 12.1 Å². The summed E-state index contributed by atoms with van der Waals surface area (Å²) >= 11 is 11.8. The molecule has 1 N–H and O–H groups in total. The summed E-state index contributed by atoms with van der Waals surface area (Å²) in [5, 5.41) is 3.93. The molecule has 0 atom stereocenters. The zero-order valence-corrected chi connectivity index (χ0v) is 9.73. The van der Waals surface area contributed by atoms with Crippen LogP contribution in [0.4, 0.5) is 0 Å². The van der Waals surface area contributed by atoms with Crippen LogP contribution in [-0.4, -0.2) is 19.9 Å². The van der Waals surface area contributed by atoms with Gasteiger partial charge < -0.3 is 14.8 Å². The second-order valence-corrected chi connectivity index (χ2v) is 3.72. The molecule has 1 rings (SSSR count). The number of rotatable bonds is 5. The van der Waals surface area contributed by atoms with Crippen LogP contribution in [0.5, 0.6) is 5.75 Å². The Hall–Kier alpha value is -0.770. The Kier molecular flexibility index (Phi) is 4.88. The molecule has 0 spiro atoms. The number of benzene rings is 1. The van der Waals surface area contributed by atoms with Crippen LogP contribution < -0.4 is 10.1 Å². The van der Waals surface area contributed by atoms with Crippen molar-refractivity contribution in [2.75, 3.05) is 13.7 Å². The molecule has 0 amide bonds. The molecular weight excluding hydrogens is 237 g/mol. The van der Waals surface area contributed by atoms with E-state index in [-0.39, 0.29) is 6.54 Å². The van der Waals surface area contributed by atoms with E-state index in [2.05, 4.69) is 5.32 Å². The highest BCUT2D eigenvalue weighted by Crippen LogP contribution is 2.31. The lowest BCUT2D eigenvalue weighted by atomic mass is 10.2. The average molecular weight is 248 g/mol. The minimum Gasteiger partial charge on any atom is -0.495 e. The molecule has 0 aliphatic carbocycles. The summed E-state index contributed by atoms with van der Waals surface area (Å²) in [6.45, 7) is 0.773. The third-order valence-corrected chi connectivity index (χ3v) is 2.33. The quantitative estimate of drug-likeness (QED) is 0.641. The van der Waals surface area contributed by atoms with Gasteiger partial charge in [-0.25, -0.2) is 0 Å². The monoisotopic (exact) mass is 247 g/mol. The van der Waals surface area contributed by atoms with Crippen LogP contribution in [0.2, 0.25) is 10.0 Å². The number of carbonyl (C=O) groups is 1. The molecule has 0 heterocycles. The zero-order chi connectivity index (χ0) is 11.3. The molecule has 5 heteroatoms. The van der Waals surface area contributed by atoms with E-state index in [1.807, 2.05) is 0 Å². The van der Waals surface area contributed by atoms with Crippen LogP contribution in [-0.2, 0) is 11.3 Å². The Balaban J connectivity index is 2.88. The summed E-state index contributed by atoms with van der Waals surface area (Å²) in [5.41, 5.74) is 0.830. The van der Waals surface area contributed by atoms with Gasteiger partial charge in [0.05, 0.1) is 18.7 Å². The smallest absolute Gasteiger partial charge is 0.142 e. The highest BCUT2D eigenvalue weighted by molar-refractivity contribution is 6.35. The number of nitrogens with one attached hydrogen (secondary N) is 1. The van der Waals surface area contributed by atoms with E-state index in [1.54, 1.807) is 19.2 Å². The Morgan fingerprint density at radius 3 is 2.80 bits per heavy atom. The molecule has 1 aromatic rings. The minimum absolute atomic E-state index is 0.285. The Labute approximate surface area is 98.3 Å². The zero-order valence-electron chi connectivity index (χ0n) is 8.22. The van der Waals surface area contributed by atoms with Gasteiger partial charge in [0.2, 0.25) is 0 Å². The first-order valence-electron chi connectivity index (χ1n) is 4.35. The number of aldehydes is 1. The molecule has 82 valence electrons. The van der Waals surface area contributed by atoms with E-state index in [0.29, 0.717) is 22.3 Å². The van der Waals surface area contributed by atoms with Crippen LogP contribution in [0.1, 0.15) is 5.56 Å². The standard InChI is InChI=1S/C10H11Cl2NO2/c1-15-10-7(6-13-2-3-14)4-8(11)5-9(10)12/h3-5,13H,2,6H2,1H3. The van der Waals surface area contributed by atoms with E-state index in [0.717, 1.165) is 11.8 Å². The predicted molar refractivity (Wildman–Crippen MR) is 60.8 cm³/mol. The number of methoxy groups -OCH3 is 1. The molecule has 0 bridgehead atoms. The molecule has 0 radical (unpaired) electrons. The second kappa shape index (κ2) is 5.95. The van der Waals surface area contributed by atoms with E-state index < -0.39 is 0 Å². The van der Waals surface area contributed by atoms with Crippen molar-refractivity contribution in [2.45, 2.75) is 6.54 Å². The Bertz CT molecular complexity index is 356. The number of halogens is 2. The lowest BCUT2D eigenvalue weighted by molar-refractivity contribution is -0.107. The van der Waals surface area contributed by atoms with Crippen molar-refractivity contribution in [2.24, 2.45) is 0 Å². The first-order valence-corrected chi connectivity index (χ1v) is 5.11. The van der Waals surface area contributed by atoms with Gasteiger partial charge in [0, 0.05) is 17.1 Å².